The van der Waals surface area contributed by atoms with Gasteiger partial charge in [0.2, 0.25) is 0 Å². The van der Waals surface area contributed by atoms with Gasteiger partial charge in [-0.3, -0.25) is 9.59 Å². The number of thiazole rings is 1. The molecule has 0 spiro atoms. The minimum Gasteiger partial charge on any atom is -0.481 e. The van der Waals surface area contributed by atoms with Crippen LogP contribution >= 0.6 is 22.7 Å². The molecular formula is C14H16N2O3S2. The minimum absolute atomic E-state index is 0.0863. The van der Waals surface area contributed by atoms with E-state index in [1.807, 2.05) is 16.8 Å². The lowest BCUT2D eigenvalue weighted by molar-refractivity contribution is -0.147. The zero-order chi connectivity index (χ0) is 15.5. The molecule has 1 unspecified atom stereocenters. The second-order valence-corrected chi connectivity index (χ2v) is 6.59. The molecule has 1 amide bonds. The summed E-state index contributed by atoms with van der Waals surface area (Å²) in [5, 5.41) is 18.2. The number of rotatable bonds is 6. The molecule has 2 aromatic rings. The summed E-state index contributed by atoms with van der Waals surface area (Å²) in [6, 6.07) is 1.95. The summed E-state index contributed by atoms with van der Waals surface area (Å²) in [6.07, 6.45) is 0.444. The highest BCUT2D eigenvalue weighted by Gasteiger charge is 2.31. The molecule has 1 atom stereocenters. The van der Waals surface area contributed by atoms with Gasteiger partial charge in [-0.05, 0) is 24.8 Å². The molecule has 112 valence electrons. The van der Waals surface area contributed by atoms with Gasteiger partial charge in [-0.25, -0.2) is 4.98 Å². The van der Waals surface area contributed by atoms with Gasteiger partial charge in [0.15, 0.2) is 0 Å². The molecule has 2 heterocycles. The fourth-order valence-corrected chi connectivity index (χ4v) is 3.13. The second kappa shape index (κ2) is 6.36. The van der Waals surface area contributed by atoms with E-state index in [4.69, 9.17) is 0 Å². The molecule has 0 radical (unpaired) electrons. The van der Waals surface area contributed by atoms with E-state index < -0.39 is 11.4 Å². The van der Waals surface area contributed by atoms with Gasteiger partial charge in [0.1, 0.15) is 10.7 Å². The van der Waals surface area contributed by atoms with Crippen LogP contribution in [0.2, 0.25) is 0 Å². The molecular weight excluding hydrogens is 308 g/mol. The Morgan fingerprint density at radius 3 is 2.76 bits per heavy atom. The van der Waals surface area contributed by atoms with Gasteiger partial charge in [-0.1, -0.05) is 6.92 Å². The van der Waals surface area contributed by atoms with Crippen molar-refractivity contribution in [1.29, 1.82) is 0 Å². The summed E-state index contributed by atoms with van der Waals surface area (Å²) in [5.74, 6) is -1.25. The summed E-state index contributed by atoms with van der Waals surface area (Å²) >= 11 is 2.97. The van der Waals surface area contributed by atoms with Crippen LogP contribution in [-0.4, -0.2) is 28.5 Å². The number of amides is 1. The molecule has 0 saturated heterocycles. The van der Waals surface area contributed by atoms with Crippen LogP contribution in [0.4, 0.5) is 0 Å². The van der Waals surface area contributed by atoms with Crippen LogP contribution in [0.3, 0.4) is 0 Å². The Morgan fingerprint density at radius 1 is 1.43 bits per heavy atom. The Bertz CT molecular complexity index is 636. The minimum atomic E-state index is -0.956. The quantitative estimate of drug-likeness (QED) is 0.855. The molecule has 0 saturated carbocycles. The van der Waals surface area contributed by atoms with Crippen molar-refractivity contribution in [3.05, 3.63) is 27.9 Å². The average Bonchev–Trinajstić information content (AvgIpc) is 3.13. The molecule has 0 aliphatic rings. The summed E-state index contributed by atoms with van der Waals surface area (Å²) in [5.41, 5.74) is 0.361. The van der Waals surface area contributed by atoms with Crippen LogP contribution in [0.5, 0.6) is 0 Å². The van der Waals surface area contributed by atoms with E-state index in [-0.39, 0.29) is 12.5 Å². The fraction of sp³-hybridized carbons (Fsp3) is 0.357. The summed E-state index contributed by atoms with van der Waals surface area (Å²) in [4.78, 5) is 27.5. The standard InChI is InChI=1S/C14H16N2O3S2/c1-3-14(2,13(18)19)8-15-11(17)10-7-21-12(16-10)9-4-5-20-6-9/h4-7H,3,8H2,1-2H3,(H,15,17)(H,18,19). The predicted molar refractivity (Wildman–Crippen MR) is 83.8 cm³/mol. The lowest BCUT2D eigenvalue weighted by Gasteiger charge is -2.22. The molecule has 0 aliphatic heterocycles. The van der Waals surface area contributed by atoms with Crippen molar-refractivity contribution in [2.45, 2.75) is 20.3 Å². The van der Waals surface area contributed by atoms with Gasteiger partial charge in [0.05, 0.1) is 5.41 Å². The predicted octanol–water partition coefficient (Wildman–Crippen LogP) is 3.10. The number of thiophene rings is 1. The summed E-state index contributed by atoms with van der Waals surface area (Å²) in [7, 11) is 0. The van der Waals surface area contributed by atoms with Crippen molar-refractivity contribution in [3.63, 3.8) is 0 Å². The maximum atomic E-state index is 12.1. The normalized spacial score (nSPS) is 13.6. The van der Waals surface area contributed by atoms with Crippen LogP contribution in [0, 0.1) is 5.41 Å². The first-order valence-corrected chi connectivity index (χ1v) is 8.28. The van der Waals surface area contributed by atoms with E-state index in [0.29, 0.717) is 12.1 Å². The maximum Gasteiger partial charge on any atom is 0.311 e. The van der Waals surface area contributed by atoms with Gasteiger partial charge < -0.3 is 10.4 Å². The number of hydrogen-bond donors (Lipinski definition) is 2. The number of nitrogens with zero attached hydrogens (tertiary/aromatic N) is 1. The van der Waals surface area contributed by atoms with Crippen LogP contribution in [0.1, 0.15) is 30.8 Å². The van der Waals surface area contributed by atoms with Crippen LogP contribution in [-0.2, 0) is 4.79 Å². The van der Waals surface area contributed by atoms with Gasteiger partial charge in [0, 0.05) is 22.9 Å². The lowest BCUT2D eigenvalue weighted by atomic mass is 9.88. The van der Waals surface area contributed by atoms with E-state index in [1.165, 1.54) is 11.3 Å². The topological polar surface area (TPSA) is 79.3 Å². The zero-order valence-corrected chi connectivity index (χ0v) is 13.4. The Balaban J connectivity index is 2.03. The number of aliphatic carboxylic acids is 1. The number of carbonyl (C=O) groups is 2. The van der Waals surface area contributed by atoms with Crippen molar-refractivity contribution in [1.82, 2.24) is 10.3 Å². The van der Waals surface area contributed by atoms with Crippen molar-refractivity contribution in [3.8, 4) is 10.6 Å². The average molecular weight is 324 g/mol. The largest absolute Gasteiger partial charge is 0.481 e. The van der Waals surface area contributed by atoms with E-state index in [0.717, 1.165) is 10.6 Å². The Labute approximate surface area is 130 Å². The zero-order valence-electron chi connectivity index (χ0n) is 11.8. The smallest absolute Gasteiger partial charge is 0.311 e. The SMILES string of the molecule is CCC(C)(CNC(=O)c1csc(-c2ccsc2)n1)C(=O)O. The van der Waals surface area contributed by atoms with Gasteiger partial charge >= 0.3 is 5.97 Å². The first kappa shape index (κ1) is 15.7. The Morgan fingerprint density at radius 2 is 2.19 bits per heavy atom. The third-order valence-electron chi connectivity index (χ3n) is 3.44. The van der Waals surface area contributed by atoms with Crippen molar-refractivity contribution >= 4 is 34.6 Å². The first-order valence-electron chi connectivity index (χ1n) is 6.46. The highest BCUT2D eigenvalue weighted by molar-refractivity contribution is 7.14. The number of hydrogen-bond acceptors (Lipinski definition) is 5. The highest BCUT2D eigenvalue weighted by atomic mass is 32.1. The Hall–Kier alpha value is -1.73. The van der Waals surface area contributed by atoms with Gasteiger partial charge in [-0.2, -0.15) is 11.3 Å². The molecule has 5 nitrogen and oxygen atoms in total. The fourth-order valence-electron chi connectivity index (χ4n) is 1.61. The maximum absolute atomic E-state index is 12.1. The van der Waals surface area contributed by atoms with Crippen molar-refractivity contribution < 1.29 is 14.7 Å². The van der Waals surface area contributed by atoms with Crippen LogP contribution < -0.4 is 5.32 Å². The number of nitrogens with one attached hydrogen (secondary N) is 1. The molecule has 0 aliphatic carbocycles. The molecule has 2 rings (SSSR count). The molecule has 0 fully saturated rings. The monoisotopic (exact) mass is 324 g/mol. The molecule has 21 heavy (non-hydrogen) atoms. The van der Waals surface area contributed by atoms with Crippen molar-refractivity contribution in [2.75, 3.05) is 6.54 Å². The van der Waals surface area contributed by atoms with E-state index >= 15 is 0 Å². The molecule has 0 bridgehead atoms. The Kier molecular flexibility index (Phi) is 4.74. The number of aromatic nitrogens is 1. The van der Waals surface area contributed by atoms with Gasteiger partial charge in [-0.15, -0.1) is 11.3 Å². The number of carboxylic acid groups (broad SMARTS) is 1. The molecule has 0 aromatic carbocycles. The molecule has 7 heteroatoms. The third kappa shape index (κ3) is 3.48. The van der Waals surface area contributed by atoms with Crippen molar-refractivity contribution in [2.24, 2.45) is 5.41 Å². The lowest BCUT2D eigenvalue weighted by Crippen LogP contribution is -2.40. The van der Waals surface area contributed by atoms with Crippen LogP contribution in [0.25, 0.3) is 10.6 Å². The number of carbonyl (C=O) groups excluding carboxylic acids is 1. The van der Waals surface area contributed by atoms with E-state index in [1.54, 1.807) is 30.6 Å². The first-order chi connectivity index (χ1) is 9.96. The van der Waals surface area contributed by atoms with Gasteiger partial charge in [0.25, 0.3) is 5.91 Å². The van der Waals surface area contributed by atoms with E-state index in [2.05, 4.69) is 10.3 Å². The summed E-state index contributed by atoms with van der Waals surface area (Å²) < 4.78 is 0. The summed E-state index contributed by atoms with van der Waals surface area (Å²) in [6.45, 7) is 3.49. The highest BCUT2D eigenvalue weighted by Crippen LogP contribution is 2.26. The third-order valence-corrected chi connectivity index (χ3v) is 5.02. The number of carboxylic acids is 1. The van der Waals surface area contributed by atoms with Crippen LogP contribution in [0.15, 0.2) is 22.2 Å². The molecule has 2 aromatic heterocycles. The van der Waals surface area contributed by atoms with E-state index in [9.17, 15) is 14.7 Å². The second-order valence-electron chi connectivity index (χ2n) is 4.95. The molecule has 2 N–H and O–H groups in total.